The first-order chi connectivity index (χ1) is 9.65. The summed E-state index contributed by atoms with van der Waals surface area (Å²) in [6.45, 7) is 1.86. The van der Waals surface area contributed by atoms with Crippen molar-refractivity contribution < 1.29 is 0 Å². The van der Waals surface area contributed by atoms with Gasteiger partial charge in [0.25, 0.3) is 0 Å². The molecule has 0 fully saturated rings. The maximum absolute atomic E-state index is 5.90. The third-order valence-corrected chi connectivity index (χ3v) is 2.87. The van der Waals surface area contributed by atoms with Gasteiger partial charge in [0.05, 0.1) is 11.4 Å². The maximum Gasteiger partial charge on any atom is 0.191 e. The molecule has 6 heteroatoms. The first-order valence-corrected chi connectivity index (χ1v) is 6.72. The van der Waals surface area contributed by atoms with E-state index in [1.807, 2.05) is 37.3 Å². The van der Waals surface area contributed by atoms with Gasteiger partial charge in [0.15, 0.2) is 5.11 Å². The van der Waals surface area contributed by atoms with Crippen LogP contribution in [0, 0.1) is 0 Å². The van der Waals surface area contributed by atoms with Crippen molar-refractivity contribution in [2.75, 3.05) is 5.32 Å². The van der Waals surface area contributed by atoms with Gasteiger partial charge in [-0.05, 0) is 49.5 Å². The number of halogens is 1. The van der Waals surface area contributed by atoms with Gasteiger partial charge in [-0.2, -0.15) is 5.10 Å². The van der Waals surface area contributed by atoms with E-state index in [-0.39, 0.29) is 0 Å². The van der Waals surface area contributed by atoms with Crippen LogP contribution in [0.3, 0.4) is 0 Å². The summed E-state index contributed by atoms with van der Waals surface area (Å²) in [6, 6.07) is 12.9. The van der Waals surface area contributed by atoms with E-state index in [1.54, 1.807) is 18.3 Å². The Kier molecular flexibility index (Phi) is 5.03. The van der Waals surface area contributed by atoms with Crippen molar-refractivity contribution in [1.29, 1.82) is 0 Å². The van der Waals surface area contributed by atoms with Gasteiger partial charge in [0, 0.05) is 16.9 Å². The average molecular weight is 305 g/mol. The van der Waals surface area contributed by atoms with Crippen molar-refractivity contribution in [3.05, 3.63) is 59.4 Å². The quantitative estimate of drug-likeness (QED) is 0.518. The van der Waals surface area contributed by atoms with Gasteiger partial charge < -0.3 is 5.32 Å². The van der Waals surface area contributed by atoms with Crippen molar-refractivity contribution in [2.45, 2.75) is 6.92 Å². The number of pyridine rings is 1. The number of hydrogen-bond donors (Lipinski definition) is 2. The topological polar surface area (TPSA) is 49.3 Å². The Morgan fingerprint density at radius 3 is 2.80 bits per heavy atom. The molecule has 1 heterocycles. The molecule has 0 radical (unpaired) electrons. The predicted molar refractivity (Wildman–Crippen MR) is 87.3 cm³/mol. The minimum atomic E-state index is 0.391. The smallest absolute Gasteiger partial charge is 0.191 e. The van der Waals surface area contributed by atoms with Gasteiger partial charge in [-0.3, -0.25) is 10.4 Å². The summed E-state index contributed by atoms with van der Waals surface area (Å²) in [5, 5.41) is 8.21. The van der Waals surface area contributed by atoms with Crippen LogP contribution in [0.25, 0.3) is 0 Å². The van der Waals surface area contributed by atoms with Crippen LogP contribution in [0.1, 0.15) is 12.6 Å². The zero-order chi connectivity index (χ0) is 14.4. The van der Waals surface area contributed by atoms with Crippen molar-refractivity contribution in [3.8, 4) is 0 Å². The highest BCUT2D eigenvalue weighted by Gasteiger charge is 2.00. The second kappa shape index (κ2) is 6.98. The molecule has 0 saturated carbocycles. The number of hydrazone groups is 1. The SMILES string of the molecule is C/C(=N/NC(=S)Nc1cccc(Cl)c1)c1ccccn1. The van der Waals surface area contributed by atoms with Crippen LogP contribution in [0.4, 0.5) is 5.69 Å². The Bertz CT molecular complexity index is 628. The van der Waals surface area contributed by atoms with E-state index in [4.69, 9.17) is 23.8 Å². The van der Waals surface area contributed by atoms with Crippen LogP contribution in [-0.2, 0) is 0 Å². The van der Waals surface area contributed by atoms with E-state index in [0.717, 1.165) is 17.1 Å². The van der Waals surface area contributed by atoms with E-state index in [1.165, 1.54) is 0 Å². The highest BCUT2D eigenvalue weighted by Crippen LogP contribution is 2.14. The number of benzene rings is 1. The van der Waals surface area contributed by atoms with E-state index in [0.29, 0.717) is 10.1 Å². The molecule has 2 rings (SSSR count). The monoisotopic (exact) mass is 304 g/mol. The second-order valence-corrected chi connectivity index (χ2v) is 4.83. The molecule has 102 valence electrons. The third-order valence-electron chi connectivity index (χ3n) is 2.44. The fourth-order valence-electron chi connectivity index (χ4n) is 1.49. The first kappa shape index (κ1) is 14.4. The van der Waals surface area contributed by atoms with Crippen LogP contribution >= 0.6 is 23.8 Å². The van der Waals surface area contributed by atoms with E-state index in [9.17, 15) is 0 Å². The van der Waals surface area contributed by atoms with Crippen LogP contribution in [0.15, 0.2) is 53.8 Å². The molecular formula is C14H13ClN4S. The van der Waals surface area contributed by atoms with Gasteiger partial charge >= 0.3 is 0 Å². The molecule has 0 bridgehead atoms. The maximum atomic E-state index is 5.90. The lowest BCUT2D eigenvalue weighted by atomic mass is 10.3. The van der Waals surface area contributed by atoms with Crippen LogP contribution in [-0.4, -0.2) is 15.8 Å². The van der Waals surface area contributed by atoms with Gasteiger partial charge in [0.1, 0.15) is 0 Å². The highest BCUT2D eigenvalue weighted by molar-refractivity contribution is 7.80. The van der Waals surface area contributed by atoms with Crippen LogP contribution < -0.4 is 10.7 Å². The molecule has 0 amide bonds. The molecule has 4 nitrogen and oxygen atoms in total. The largest absolute Gasteiger partial charge is 0.331 e. The highest BCUT2D eigenvalue weighted by atomic mass is 35.5. The summed E-state index contributed by atoms with van der Waals surface area (Å²) in [5.74, 6) is 0. The summed E-state index contributed by atoms with van der Waals surface area (Å²) in [7, 11) is 0. The molecule has 0 atom stereocenters. The van der Waals surface area contributed by atoms with Crippen molar-refractivity contribution in [1.82, 2.24) is 10.4 Å². The lowest BCUT2D eigenvalue weighted by Gasteiger charge is -2.08. The number of aromatic nitrogens is 1. The summed E-state index contributed by atoms with van der Waals surface area (Å²) in [5.41, 5.74) is 5.13. The number of nitrogens with one attached hydrogen (secondary N) is 2. The average Bonchev–Trinajstić information content (AvgIpc) is 2.46. The summed E-state index contributed by atoms with van der Waals surface area (Å²) >= 11 is 11.1. The molecule has 2 aromatic rings. The molecule has 0 saturated heterocycles. The minimum absolute atomic E-state index is 0.391. The number of rotatable bonds is 3. The Morgan fingerprint density at radius 1 is 1.25 bits per heavy atom. The fraction of sp³-hybridized carbons (Fsp3) is 0.0714. The molecule has 1 aromatic heterocycles. The number of thiocarbonyl (C=S) groups is 1. The van der Waals surface area contributed by atoms with E-state index >= 15 is 0 Å². The predicted octanol–water partition coefficient (Wildman–Crippen LogP) is 3.45. The van der Waals surface area contributed by atoms with E-state index in [2.05, 4.69) is 20.8 Å². The normalized spacial score (nSPS) is 11.0. The van der Waals surface area contributed by atoms with Gasteiger partial charge in [-0.15, -0.1) is 0 Å². The molecule has 20 heavy (non-hydrogen) atoms. The molecule has 1 aromatic carbocycles. The van der Waals surface area contributed by atoms with E-state index < -0.39 is 0 Å². The summed E-state index contributed by atoms with van der Waals surface area (Å²) in [4.78, 5) is 4.20. The van der Waals surface area contributed by atoms with Gasteiger partial charge in [0.2, 0.25) is 0 Å². The Balaban J connectivity index is 1.95. The van der Waals surface area contributed by atoms with Gasteiger partial charge in [-0.1, -0.05) is 23.7 Å². The number of anilines is 1. The van der Waals surface area contributed by atoms with Gasteiger partial charge in [-0.25, -0.2) is 0 Å². The molecule has 2 N–H and O–H groups in total. The Hall–Kier alpha value is -1.98. The minimum Gasteiger partial charge on any atom is -0.331 e. The molecule has 0 spiro atoms. The number of nitrogens with zero attached hydrogens (tertiary/aromatic N) is 2. The summed E-state index contributed by atoms with van der Waals surface area (Å²) in [6.07, 6.45) is 1.72. The number of hydrogen-bond acceptors (Lipinski definition) is 3. The Morgan fingerprint density at radius 2 is 2.10 bits per heavy atom. The molecule has 0 aliphatic heterocycles. The Labute approximate surface area is 127 Å². The summed E-state index contributed by atoms with van der Waals surface area (Å²) < 4.78 is 0. The molecular weight excluding hydrogens is 292 g/mol. The lowest BCUT2D eigenvalue weighted by Crippen LogP contribution is -2.25. The standard InChI is InChI=1S/C14H13ClN4S/c1-10(13-7-2-3-8-16-13)18-19-14(20)17-12-6-4-5-11(15)9-12/h2-9H,1H3,(H2,17,19,20)/b18-10-. The lowest BCUT2D eigenvalue weighted by molar-refractivity contribution is 1.03. The third kappa shape index (κ3) is 4.29. The first-order valence-electron chi connectivity index (χ1n) is 5.93. The van der Waals surface area contributed by atoms with Crippen LogP contribution in [0.2, 0.25) is 5.02 Å². The molecule has 0 aliphatic carbocycles. The molecule has 0 unspecified atom stereocenters. The van der Waals surface area contributed by atoms with Crippen molar-refractivity contribution >= 4 is 40.3 Å². The van der Waals surface area contributed by atoms with Crippen LogP contribution in [0.5, 0.6) is 0 Å². The zero-order valence-corrected chi connectivity index (χ0v) is 12.4. The van der Waals surface area contributed by atoms with Crippen molar-refractivity contribution in [2.24, 2.45) is 5.10 Å². The zero-order valence-electron chi connectivity index (χ0n) is 10.8. The fourth-order valence-corrected chi connectivity index (χ4v) is 1.85. The second-order valence-electron chi connectivity index (χ2n) is 3.99. The molecule has 0 aliphatic rings. The van der Waals surface area contributed by atoms with Crippen molar-refractivity contribution in [3.63, 3.8) is 0 Å².